The van der Waals surface area contributed by atoms with E-state index in [0.29, 0.717) is 24.4 Å². The molecule has 0 aliphatic carbocycles. The summed E-state index contributed by atoms with van der Waals surface area (Å²) in [5.74, 6) is 0.972. The van der Waals surface area contributed by atoms with Crippen molar-refractivity contribution in [3.63, 3.8) is 0 Å². The third kappa shape index (κ3) is 3.65. The van der Waals surface area contributed by atoms with E-state index in [2.05, 4.69) is 13.8 Å². The molecule has 2 nitrogen and oxygen atoms in total. The molecule has 0 amide bonds. The Labute approximate surface area is 84.6 Å². The lowest BCUT2D eigenvalue weighted by atomic mass is 9.88. The van der Waals surface area contributed by atoms with Gasteiger partial charge in [-0.1, -0.05) is 13.8 Å². The monoisotopic (exact) mass is 204 g/mol. The highest BCUT2D eigenvalue weighted by Crippen LogP contribution is 2.27. The van der Waals surface area contributed by atoms with Gasteiger partial charge in [-0.25, -0.2) is 0 Å². The van der Waals surface area contributed by atoms with Crippen molar-refractivity contribution >= 4 is 16.8 Å². The maximum atomic E-state index is 10.7. The Morgan fingerprint density at radius 3 is 2.85 bits per heavy atom. The molecular weight excluding hydrogens is 188 g/mol. The minimum atomic E-state index is -0.214. The number of carbonyl (C=O) groups is 1. The number of halogens is 1. The summed E-state index contributed by atoms with van der Waals surface area (Å²) in [4.78, 5) is 10.7. The Morgan fingerprint density at radius 2 is 2.31 bits per heavy atom. The van der Waals surface area contributed by atoms with Crippen LogP contribution in [0.15, 0.2) is 0 Å². The molecule has 0 spiro atoms. The molecule has 1 heterocycles. The van der Waals surface area contributed by atoms with Crippen LogP contribution in [0.3, 0.4) is 0 Å². The average molecular weight is 205 g/mol. The van der Waals surface area contributed by atoms with Crippen molar-refractivity contribution in [2.75, 3.05) is 6.61 Å². The number of rotatable bonds is 3. The molecule has 0 N–H and O–H groups in total. The largest absolute Gasteiger partial charge is 0.378 e. The van der Waals surface area contributed by atoms with Crippen molar-refractivity contribution in [1.29, 1.82) is 0 Å². The highest BCUT2D eigenvalue weighted by atomic mass is 35.5. The lowest BCUT2D eigenvalue weighted by molar-refractivity contribution is -0.114. The van der Waals surface area contributed by atoms with Crippen LogP contribution in [0.5, 0.6) is 0 Å². The predicted molar refractivity (Wildman–Crippen MR) is 52.8 cm³/mol. The van der Waals surface area contributed by atoms with E-state index in [1.54, 1.807) is 0 Å². The minimum absolute atomic E-state index is 0.214. The van der Waals surface area contributed by atoms with Crippen molar-refractivity contribution in [3.8, 4) is 0 Å². The number of ether oxygens (including phenoxy) is 1. The van der Waals surface area contributed by atoms with Crippen molar-refractivity contribution < 1.29 is 9.53 Å². The molecular formula is C10H17ClO2. The normalized spacial score (nSPS) is 29.2. The van der Waals surface area contributed by atoms with Gasteiger partial charge in [0.05, 0.1) is 6.10 Å². The zero-order chi connectivity index (χ0) is 9.84. The van der Waals surface area contributed by atoms with E-state index in [0.717, 1.165) is 19.4 Å². The first kappa shape index (κ1) is 11.0. The van der Waals surface area contributed by atoms with Crippen LogP contribution in [0.4, 0.5) is 0 Å². The molecule has 2 unspecified atom stereocenters. The first-order valence-corrected chi connectivity index (χ1v) is 5.27. The summed E-state index contributed by atoms with van der Waals surface area (Å²) >= 11 is 5.36. The smallest absolute Gasteiger partial charge is 0.221 e. The maximum Gasteiger partial charge on any atom is 0.221 e. The molecule has 76 valence electrons. The summed E-state index contributed by atoms with van der Waals surface area (Å²) in [7, 11) is 0. The second-order valence-electron chi connectivity index (χ2n) is 4.10. The van der Waals surface area contributed by atoms with E-state index in [9.17, 15) is 4.79 Å². The molecule has 1 saturated heterocycles. The van der Waals surface area contributed by atoms with Gasteiger partial charge in [0.15, 0.2) is 0 Å². The van der Waals surface area contributed by atoms with Crippen LogP contribution in [0, 0.1) is 11.8 Å². The first-order valence-electron chi connectivity index (χ1n) is 4.89. The minimum Gasteiger partial charge on any atom is -0.378 e. The van der Waals surface area contributed by atoms with E-state index in [4.69, 9.17) is 16.3 Å². The van der Waals surface area contributed by atoms with Gasteiger partial charge in [0.25, 0.3) is 0 Å². The van der Waals surface area contributed by atoms with Gasteiger partial charge < -0.3 is 4.74 Å². The molecule has 2 atom stereocenters. The van der Waals surface area contributed by atoms with E-state index in [-0.39, 0.29) is 5.24 Å². The summed E-state index contributed by atoms with van der Waals surface area (Å²) < 4.78 is 5.60. The van der Waals surface area contributed by atoms with E-state index in [1.165, 1.54) is 0 Å². The van der Waals surface area contributed by atoms with Crippen LogP contribution in [-0.4, -0.2) is 18.0 Å². The Morgan fingerprint density at radius 1 is 1.62 bits per heavy atom. The molecule has 0 radical (unpaired) electrons. The number of carbonyl (C=O) groups excluding carboxylic acids is 1. The topological polar surface area (TPSA) is 26.3 Å². The second-order valence-corrected chi connectivity index (χ2v) is 4.52. The summed E-state index contributed by atoms with van der Waals surface area (Å²) in [6, 6.07) is 0. The van der Waals surface area contributed by atoms with Crippen molar-refractivity contribution in [2.45, 2.75) is 39.2 Å². The molecule has 0 aromatic carbocycles. The fourth-order valence-corrected chi connectivity index (χ4v) is 2.00. The molecule has 0 bridgehead atoms. The first-order chi connectivity index (χ1) is 6.09. The van der Waals surface area contributed by atoms with Gasteiger partial charge in [0, 0.05) is 13.0 Å². The van der Waals surface area contributed by atoms with Crippen molar-refractivity contribution in [2.24, 2.45) is 11.8 Å². The molecule has 0 aromatic heterocycles. The second kappa shape index (κ2) is 4.97. The van der Waals surface area contributed by atoms with Gasteiger partial charge in [-0.15, -0.1) is 0 Å². The number of hydrogen-bond acceptors (Lipinski definition) is 2. The zero-order valence-electron chi connectivity index (χ0n) is 8.25. The average Bonchev–Trinajstić information content (AvgIpc) is 2.03. The quantitative estimate of drug-likeness (QED) is 0.661. The molecule has 1 aliphatic rings. The van der Waals surface area contributed by atoms with Crippen molar-refractivity contribution in [3.05, 3.63) is 0 Å². The molecule has 1 rings (SSSR count). The molecule has 1 aliphatic heterocycles. The van der Waals surface area contributed by atoms with Crippen LogP contribution in [0.2, 0.25) is 0 Å². The summed E-state index contributed by atoms with van der Waals surface area (Å²) in [6.07, 6.45) is 2.78. The third-order valence-corrected chi connectivity index (χ3v) is 2.77. The third-order valence-electron chi connectivity index (χ3n) is 2.62. The molecule has 0 aromatic rings. The lowest BCUT2D eigenvalue weighted by Gasteiger charge is -2.31. The Balaban J connectivity index is 2.37. The van der Waals surface area contributed by atoms with E-state index >= 15 is 0 Å². The maximum absolute atomic E-state index is 10.7. The van der Waals surface area contributed by atoms with Gasteiger partial charge in [-0.2, -0.15) is 0 Å². The fourth-order valence-electron chi connectivity index (χ4n) is 1.78. The SMILES string of the molecule is CC(C)C1CC(CC(=O)Cl)CCO1. The summed E-state index contributed by atoms with van der Waals surface area (Å²) in [5.41, 5.74) is 0. The highest BCUT2D eigenvalue weighted by molar-refractivity contribution is 6.63. The summed E-state index contributed by atoms with van der Waals surface area (Å²) in [5, 5.41) is -0.214. The lowest BCUT2D eigenvalue weighted by Crippen LogP contribution is -2.30. The van der Waals surface area contributed by atoms with Crippen LogP contribution in [0.25, 0.3) is 0 Å². The van der Waals surface area contributed by atoms with Crippen LogP contribution in [-0.2, 0) is 9.53 Å². The standard InChI is InChI=1S/C10H17ClO2/c1-7(2)9-5-8(3-4-13-9)6-10(11)12/h7-9H,3-6H2,1-2H3. The zero-order valence-corrected chi connectivity index (χ0v) is 9.01. The van der Waals surface area contributed by atoms with Gasteiger partial charge in [0.2, 0.25) is 5.24 Å². The van der Waals surface area contributed by atoms with Crippen LogP contribution < -0.4 is 0 Å². The van der Waals surface area contributed by atoms with E-state index in [1.807, 2.05) is 0 Å². The fraction of sp³-hybridized carbons (Fsp3) is 0.900. The Kier molecular flexibility index (Phi) is 4.20. The van der Waals surface area contributed by atoms with Gasteiger partial charge in [-0.3, -0.25) is 4.79 Å². The van der Waals surface area contributed by atoms with Gasteiger partial charge in [0.1, 0.15) is 0 Å². The van der Waals surface area contributed by atoms with Crippen molar-refractivity contribution in [1.82, 2.24) is 0 Å². The highest BCUT2D eigenvalue weighted by Gasteiger charge is 2.25. The Bertz CT molecular complexity index is 180. The van der Waals surface area contributed by atoms with Gasteiger partial charge in [-0.05, 0) is 36.3 Å². The van der Waals surface area contributed by atoms with Crippen LogP contribution >= 0.6 is 11.6 Å². The molecule has 13 heavy (non-hydrogen) atoms. The molecule has 0 saturated carbocycles. The van der Waals surface area contributed by atoms with Gasteiger partial charge >= 0.3 is 0 Å². The Hall–Kier alpha value is -0.0800. The predicted octanol–water partition coefficient (Wildman–Crippen LogP) is 2.59. The summed E-state index contributed by atoms with van der Waals surface area (Å²) in [6.45, 7) is 5.07. The molecule has 3 heteroatoms. The number of hydrogen-bond donors (Lipinski definition) is 0. The van der Waals surface area contributed by atoms with Crippen LogP contribution in [0.1, 0.15) is 33.1 Å². The van der Waals surface area contributed by atoms with E-state index < -0.39 is 0 Å². The molecule has 1 fully saturated rings.